The molecule has 6 nitrogen and oxygen atoms in total. The molecule has 36 heavy (non-hydrogen) atoms. The Balaban J connectivity index is 1.52. The van der Waals surface area contributed by atoms with Crippen molar-refractivity contribution in [2.24, 2.45) is 0 Å². The lowest BCUT2D eigenvalue weighted by Gasteiger charge is -2.26. The molecule has 3 heterocycles. The highest BCUT2D eigenvalue weighted by Gasteiger charge is 2.15. The lowest BCUT2D eigenvalue weighted by molar-refractivity contribution is 0.183. The van der Waals surface area contributed by atoms with E-state index in [2.05, 4.69) is 16.0 Å². The first-order chi connectivity index (χ1) is 17.7. The van der Waals surface area contributed by atoms with Gasteiger partial charge in [0.05, 0.1) is 23.0 Å². The van der Waals surface area contributed by atoms with E-state index in [4.69, 9.17) is 4.74 Å². The molecule has 5 rings (SSSR count). The third kappa shape index (κ3) is 5.22. The van der Waals surface area contributed by atoms with E-state index in [1.54, 1.807) is 29.1 Å². The van der Waals surface area contributed by atoms with Crippen LogP contribution >= 0.6 is 0 Å². The Labute approximate surface area is 211 Å². The van der Waals surface area contributed by atoms with Crippen LogP contribution in [0.25, 0.3) is 28.1 Å². The maximum Gasteiger partial charge on any atom is 0.263 e. The summed E-state index contributed by atoms with van der Waals surface area (Å²) in [5.74, 6) is 0.721. The number of hydrogen-bond donors (Lipinski definition) is 0. The zero-order valence-corrected chi connectivity index (χ0v) is 20.1. The Kier molecular flexibility index (Phi) is 7.20. The number of nitriles is 1. The van der Waals surface area contributed by atoms with Crippen LogP contribution in [0.1, 0.15) is 24.8 Å². The van der Waals surface area contributed by atoms with E-state index in [0.29, 0.717) is 29.0 Å². The zero-order chi connectivity index (χ0) is 24.7. The number of pyridine rings is 2. The molecule has 180 valence electrons. The molecule has 0 amide bonds. The molecule has 0 radical (unpaired) electrons. The quantitative estimate of drug-likeness (QED) is 0.362. The van der Waals surface area contributed by atoms with Crippen LogP contribution in [0.5, 0.6) is 5.75 Å². The van der Waals surface area contributed by atoms with Gasteiger partial charge >= 0.3 is 0 Å². The fraction of sp³-hybridized carbons (Fsp3) is 0.233. The van der Waals surface area contributed by atoms with Crippen LogP contribution in [-0.4, -0.2) is 40.7 Å². The van der Waals surface area contributed by atoms with E-state index in [0.717, 1.165) is 36.6 Å². The minimum atomic E-state index is -0.206. The van der Waals surface area contributed by atoms with Crippen LogP contribution in [0.15, 0.2) is 90.0 Å². The normalized spacial score (nSPS) is 13.8. The van der Waals surface area contributed by atoms with Gasteiger partial charge in [0, 0.05) is 41.7 Å². The zero-order valence-electron chi connectivity index (χ0n) is 20.1. The SMILES string of the molecule is N#Cc1ccccc1-c1cc(-c2ccccn2)cn(-c2cccc(OCCN3CCCCC3)c2)c1=O. The fourth-order valence-corrected chi connectivity index (χ4v) is 4.65. The predicted molar refractivity (Wildman–Crippen MR) is 141 cm³/mol. The topological polar surface area (TPSA) is 71.2 Å². The minimum absolute atomic E-state index is 0.206. The van der Waals surface area contributed by atoms with Crippen molar-refractivity contribution >= 4 is 0 Å². The van der Waals surface area contributed by atoms with Gasteiger partial charge in [0.2, 0.25) is 0 Å². The van der Waals surface area contributed by atoms with Gasteiger partial charge in [-0.05, 0) is 62.3 Å². The van der Waals surface area contributed by atoms with Crippen molar-refractivity contribution in [1.82, 2.24) is 14.5 Å². The van der Waals surface area contributed by atoms with Crippen molar-refractivity contribution in [2.45, 2.75) is 19.3 Å². The van der Waals surface area contributed by atoms with E-state index < -0.39 is 0 Å². The maximum absolute atomic E-state index is 13.7. The molecular formula is C30H28N4O2. The number of likely N-dealkylation sites (tertiary alicyclic amines) is 1. The van der Waals surface area contributed by atoms with Crippen LogP contribution in [0.2, 0.25) is 0 Å². The highest BCUT2D eigenvalue weighted by Crippen LogP contribution is 2.27. The van der Waals surface area contributed by atoms with Crippen molar-refractivity contribution in [3.8, 4) is 39.9 Å². The Hall–Kier alpha value is -4.21. The first-order valence-electron chi connectivity index (χ1n) is 12.4. The summed E-state index contributed by atoms with van der Waals surface area (Å²) in [4.78, 5) is 20.7. The first-order valence-corrected chi connectivity index (χ1v) is 12.4. The smallest absolute Gasteiger partial charge is 0.263 e. The molecule has 1 aliphatic heterocycles. The van der Waals surface area contributed by atoms with Gasteiger partial charge in [-0.25, -0.2) is 0 Å². The summed E-state index contributed by atoms with van der Waals surface area (Å²) < 4.78 is 7.68. The van der Waals surface area contributed by atoms with Crippen LogP contribution in [0, 0.1) is 11.3 Å². The van der Waals surface area contributed by atoms with Gasteiger partial charge in [-0.1, -0.05) is 36.8 Å². The third-order valence-electron chi connectivity index (χ3n) is 6.54. The van der Waals surface area contributed by atoms with Crippen molar-refractivity contribution in [3.63, 3.8) is 0 Å². The van der Waals surface area contributed by atoms with Crippen LogP contribution < -0.4 is 10.3 Å². The van der Waals surface area contributed by atoms with Gasteiger partial charge in [-0.2, -0.15) is 5.26 Å². The summed E-state index contributed by atoms with van der Waals surface area (Å²) >= 11 is 0. The standard InChI is InChI=1S/C30H28N4O2/c31-21-23-9-2-3-12-27(23)28-19-24(29-13-4-5-14-32-29)22-34(30(28)35)25-10-8-11-26(20-25)36-18-17-33-15-6-1-7-16-33/h2-5,8-14,19-20,22H,1,6-7,15-18H2. The number of hydrogen-bond acceptors (Lipinski definition) is 5. The van der Waals surface area contributed by atoms with Crippen molar-refractivity contribution in [3.05, 3.63) is 101 Å². The van der Waals surface area contributed by atoms with Crippen LogP contribution in [0.4, 0.5) is 0 Å². The summed E-state index contributed by atoms with van der Waals surface area (Å²) in [5.41, 5.74) is 3.53. The van der Waals surface area contributed by atoms with Gasteiger partial charge in [0.15, 0.2) is 0 Å². The molecule has 0 bridgehead atoms. The lowest BCUT2D eigenvalue weighted by atomic mass is 9.99. The van der Waals surface area contributed by atoms with Crippen LogP contribution in [-0.2, 0) is 0 Å². The maximum atomic E-state index is 13.7. The summed E-state index contributed by atoms with van der Waals surface area (Å²) in [5, 5.41) is 9.67. The van der Waals surface area contributed by atoms with Crippen LogP contribution in [0.3, 0.4) is 0 Å². The van der Waals surface area contributed by atoms with Gasteiger partial charge in [0.25, 0.3) is 5.56 Å². The molecule has 0 spiro atoms. The molecule has 2 aromatic carbocycles. The molecule has 0 atom stereocenters. The summed E-state index contributed by atoms with van der Waals surface area (Å²) in [6, 6.07) is 24.5. The molecule has 0 N–H and O–H groups in total. The van der Waals surface area contributed by atoms with Gasteiger partial charge < -0.3 is 4.74 Å². The van der Waals surface area contributed by atoms with Crippen molar-refractivity contribution in [1.29, 1.82) is 5.26 Å². The average molecular weight is 477 g/mol. The molecule has 1 aliphatic rings. The Morgan fingerprint density at radius 3 is 2.56 bits per heavy atom. The van der Waals surface area contributed by atoms with Gasteiger partial charge in [-0.3, -0.25) is 19.2 Å². The molecule has 4 aromatic rings. The monoisotopic (exact) mass is 476 g/mol. The third-order valence-corrected chi connectivity index (χ3v) is 6.54. The Morgan fingerprint density at radius 2 is 1.75 bits per heavy atom. The second-order valence-electron chi connectivity index (χ2n) is 8.94. The van der Waals surface area contributed by atoms with Crippen molar-refractivity contribution in [2.75, 3.05) is 26.2 Å². The van der Waals surface area contributed by atoms with Crippen molar-refractivity contribution < 1.29 is 4.74 Å². The second kappa shape index (κ2) is 11.0. The number of benzene rings is 2. The highest BCUT2D eigenvalue weighted by molar-refractivity contribution is 5.75. The molecular weight excluding hydrogens is 448 g/mol. The number of rotatable bonds is 7. The second-order valence-corrected chi connectivity index (χ2v) is 8.94. The largest absolute Gasteiger partial charge is 0.492 e. The Morgan fingerprint density at radius 1 is 0.917 bits per heavy atom. The van der Waals surface area contributed by atoms with E-state index in [-0.39, 0.29) is 5.56 Å². The highest BCUT2D eigenvalue weighted by atomic mass is 16.5. The number of piperidine rings is 1. The van der Waals surface area contributed by atoms with E-state index in [1.807, 2.05) is 60.7 Å². The first kappa shape index (κ1) is 23.5. The molecule has 0 aliphatic carbocycles. The number of aromatic nitrogens is 2. The molecule has 2 aromatic heterocycles. The Bertz CT molecular complexity index is 1430. The molecule has 0 unspecified atom stereocenters. The van der Waals surface area contributed by atoms with E-state index >= 15 is 0 Å². The van der Waals surface area contributed by atoms with Gasteiger partial charge in [0.1, 0.15) is 12.4 Å². The number of nitrogens with zero attached hydrogens (tertiary/aromatic N) is 4. The average Bonchev–Trinajstić information content (AvgIpc) is 2.94. The predicted octanol–water partition coefficient (Wildman–Crippen LogP) is 5.30. The lowest BCUT2D eigenvalue weighted by Crippen LogP contribution is -2.33. The summed E-state index contributed by atoms with van der Waals surface area (Å²) in [6.07, 6.45) is 7.34. The molecule has 1 saturated heterocycles. The minimum Gasteiger partial charge on any atom is -0.492 e. The van der Waals surface area contributed by atoms with E-state index in [9.17, 15) is 10.1 Å². The van der Waals surface area contributed by atoms with E-state index in [1.165, 1.54) is 19.3 Å². The summed E-state index contributed by atoms with van der Waals surface area (Å²) in [7, 11) is 0. The fourth-order valence-electron chi connectivity index (χ4n) is 4.65. The van der Waals surface area contributed by atoms with Gasteiger partial charge in [-0.15, -0.1) is 0 Å². The number of ether oxygens (including phenoxy) is 1. The summed E-state index contributed by atoms with van der Waals surface area (Å²) in [6.45, 7) is 3.76. The molecule has 1 fully saturated rings. The molecule has 6 heteroatoms. The molecule has 0 saturated carbocycles.